The maximum absolute atomic E-state index is 12.6. The highest BCUT2D eigenvalue weighted by Crippen LogP contribution is 2.30. The van der Waals surface area contributed by atoms with Gasteiger partial charge in [-0.25, -0.2) is 8.42 Å². The SMILES string of the molecule is CCC(=O)N1CCc2cc(C(=O)Nc3ccc(N4CCCS4(=O)=O)cc3)ccc21. The number of carbonyl (C=O) groups is 2. The van der Waals surface area contributed by atoms with Crippen LogP contribution in [0.4, 0.5) is 17.1 Å². The van der Waals surface area contributed by atoms with Crippen molar-refractivity contribution in [2.24, 2.45) is 0 Å². The summed E-state index contributed by atoms with van der Waals surface area (Å²) in [6, 6.07) is 12.2. The fourth-order valence-electron chi connectivity index (χ4n) is 3.84. The number of hydrogen-bond donors (Lipinski definition) is 1. The van der Waals surface area contributed by atoms with Gasteiger partial charge in [-0.05, 0) is 60.9 Å². The molecule has 2 aromatic rings. The van der Waals surface area contributed by atoms with E-state index in [1.54, 1.807) is 35.2 Å². The quantitative estimate of drug-likeness (QED) is 0.835. The zero-order chi connectivity index (χ0) is 20.6. The first kappa shape index (κ1) is 19.4. The molecule has 2 aromatic carbocycles. The van der Waals surface area contributed by atoms with E-state index in [-0.39, 0.29) is 17.6 Å². The Balaban J connectivity index is 1.47. The minimum Gasteiger partial charge on any atom is -0.322 e. The topological polar surface area (TPSA) is 86.8 Å². The van der Waals surface area contributed by atoms with Crippen molar-refractivity contribution >= 4 is 38.9 Å². The molecule has 0 aromatic heterocycles. The number of anilines is 3. The second-order valence-electron chi connectivity index (χ2n) is 7.24. The number of carbonyl (C=O) groups excluding carboxylic acids is 2. The van der Waals surface area contributed by atoms with Crippen LogP contribution in [-0.4, -0.2) is 39.1 Å². The van der Waals surface area contributed by atoms with Crippen LogP contribution in [0.1, 0.15) is 35.7 Å². The Hall–Kier alpha value is -2.87. The van der Waals surface area contributed by atoms with E-state index in [1.807, 2.05) is 19.1 Å². The van der Waals surface area contributed by atoms with Crippen LogP contribution in [-0.2, 0) is 21.2 Å². The van der Waals surface area contributed by atoms with Crippen molar-refractivity contribution in [3.8, 4) is 0 Å². The minimum absolute atomic E-state index is 0.0843. The average Bonchev–Trinajstić information content (AvgIpc) is 3.30. The Labute approximate surface area is 170 Å². The van der Waals surface area contributed by atoms with Gasteiger partial charge in [0, 0.05) is 36.4 Å². The van der Waals surface area contributed by atoms with Crippen molar-refractivity contribution < 1.29 is 18.0 Å². The van der Waals surface area contributed by atoms with Gasteiger partial charge in [0.05, 0.1) is 11.4 Å². The van der Waals surface area contributed by atoms with Crippen LogP contribution in [0.25, 0.3) is 0 Å². The largest absolute Gasteiger partial charge is 0.322 e. The molecule has 2 aliphatic heterocycles. The molecule has 29 heavy (non-hydrogen) atoms. The fraction of sp³-hybridized carbons (Fsp3) is 0.333. The molecule has 0 bridgehead atoms. The molecule has 0 saturated carbocycles. The summed E-state index contributed by atoms with van der Waals surface area (Å²) in [5, 5.41) is 2.85. The van der Waals surface area contributed by atoms with Gasteiger partial charge in [-0.1, -0.05) is 6.92 Å². The molecule has 2 heterocycles. The van der Waals surface area contributed by atoms with Crippen LogP contribution >= 0.6 is 0 Å². The summed E-state index contributed by atoms with van der Waals surface area (Å²) in [6.45, 7) is 2.97. The highest BCUT2D eigenvalue weighted by Gasteiger charge is 2.28. The maximum Gasteiger partial charge on any atom is 0.255 e. The minimum atomic E-state index is -3.22. The number of rotatable bonds is 4. The van der Waals surface area contributed by atoms with Gasteiger partial charge >= 0.3 is 0 Å². The Morgan fingerprint density at radius 3 is 2.48 bits per heavy atom. The highest BCUT2D eigenvalue weighted by atomic mass is 32.2. The smallest absolute Gasteiger partial charge is 0.255 e. The molecule has 0 aliphatic carbocycles. The highest BCUT2D eigenvalue weighted by molar-refractivity contribution is 7.93. The van der Waals surface area contributed by atoms with Crippen LogP contribution in [0.2, 0.25) is 0 Å². The lowest BCUT2D eigenvalue weighted by Crippen LogP contribution is -2.27. The van der Waals surface area contributed by atoms with Crippen molar-refractivity contribution in [2.45, 2.75) is 26.2 Å². The number of amides is 2. The van der Waals surface area contributed by atoms with E-state index in [4.69, 9.17) is 0 Å². The van der Waals surface area contributed by atoms with Gasteiger partial charge in [0.2, 0.25) is 15.9 Å². The number of nitrogens with one attached hydrogen (secondary N) is 1. The standard InChI is InChI=1S/C21H23N3O4S/c1-2-20(25)23-12-10-15-14-16(4-9-19(15)23)21(26)22-17-5-7-18(8-6-17)24-11-3-13-29(24,27)28/h4-9,14H,2-3,10-13H2,1H3,(H,22,26). The third-order valence-corrected chi connectivity index (χ3v) is 7.22. The zero-order valence-electron chi connectivity index (χ0n) is 16.2. The molecule has 1 fully saturated rings. The molecule has 2 aliphatic rings. The van der Waals surface area contributed by atoms with Crippen molar-refractivity contribution in [1.82, 2.24) is 0 Å². The van der Waals surface area contributed by atoms with Crippen molar-refractivity contribution in [3.63, 3.8) is 0 Å². The molecule has 7 nitrogen and oxygen atoms in total. The molecule has 1 saturated heterocycles. The molecule has 1 N–H and O–H groups in total. The van der Waals surface area contributed by atoms with Gasteiger partial charge < -0.3 is 10.2 Å². The summed E-state index contributed by atoms with van der Waals surface area (Å²) in [6.07, 6.45) is 1.82. The summed E-state index contributed by atoms with van der Waals surface area (Å²) in [7, 11) is -3.22. The molecule has 152 valence electrons. The molecular formula is C21H23N3O4S. The lowest BCUT2D eigenvalue weighted by atomic mass is 10.1. The Morgan fingerprint density at radius 1 is 1.07 bits per heavy atom. The molecule has 2 amide bonds. The number of fused-ring (bicyclic) bond motifs is 1. The first-order valence-electron chi connectivity index (χ1n) is 9.74. The first-order chi connectivity index (χ1) is 13.9. The lowest BCUT2D eigenvalue weighted by molar-refractivity contribution is -0.118. The van der Waals surface area contributed by atoms with Crippen molar-refractivity contribution in [2.75, 3.05) is 33.4 Å². The summed E-state index contributed by atoms with van der Waals surface area (Å²) in [5.41, 5.74) is 3.61. The van der Waals surface area contributed by atoms with Crippen molar-refractivity contribution in [3.05, 3.63) is 53.6 Å². The first-order valence-corrected chi connectivity index (χ1v) is 11.3. The third-order valence-electron chi connectivity index (χ3n) is 5.35. The Morgan fingerprint density at radius 2 is 1.83 bits per heavy atom. The van der Waals surface area contributed by atoms with Crippen molar-refractivity contribution in [1.29, 1.82) is 0 Å². The summed E-state index contributed by atoms with van der Waals surface area (Å²) in [4.78, 5) is 26.4. The summed E-state index contributed by atoms with van der Waals surface area (Å²) >= 11 is 0. The van der Waals surface area contributed by atoms with E-state index < -0.39 is 10.0 Å². The average molecular weight is 413 g/mol. The number of sulfonamides is 1. The van der Waals surface area contributed by atoms with E-state index in [0.717, 1.165) is 17.7 Å². The molecule has 8 heteroatoms. The van der Waals surface area contributed by atoms with E-state index in [9.17, 15) is 18.0 Å². The van der Waals surface area contributed by atoms with Gasteiger partial charge in [0.25, 0.3) is 5.91 Å². The molecule has 0 unspecified atom stereocenters. The normalized spacial score (nSPS) is 17.3. The predicted molar refractivity (Wildman–Crippen MR) is 113 cm³/mol. The van der Waals surface area contributed by atoms with Gasteiger partial charge in [-0.3, -0.25) is 13.9 Å². The van der Waals surface area contributed by atoms with Gasteiger partial charge in [0.15, 0.2) is 0 Å². The monoisotopic (exact) mass is 413 g/mol. The summed E-state index contributed by atoms with van der Waals surface area (Å²) < 4.78 is 25.4. The number of nitrogens with zero attached hydrogens (tertiary/aromatic N) is 2. The van der Waals surface area contributed by atoms with Crippen LogP contribution in [0.3, 0.4) is 0 Å². The molecule has 4 rings (SSSR count). The summed E-state index contributed by atoms with van der Waals surface area (Å²) in [5.74, 6) is 0.0149. The number of benzene rings is 2. The molecule has 0 radical (unpaired) electrons. The fourth-order valence-corrected chi connectivity index (χ4v) is 5.40. The third kappa shape index (κ3) is 3.72. The van der Waals surface area contributed by atoms with Gasteiger partial charge in [0.1, 0.15) is 0 Å². The number of hydrogen-bond acceptors (Lipinski definition) is 4. The van der Waals surface area contributed by atoms with Gasteiger partial charge in [-0.2, -0.15) is 0 Å². The molecule has 0 spiro atoms. The zero-order valence-corrected chi connectivity index (χ0v) is 17.0. The van der Waals surface area contributed by atoms with E-state index in [2.05, 4.69) is 5.32 Å². The van der Waals surface area contributed by atoms with Crippen LogP contribution in [0, 0.1) is 0 Å². The van der Waals surface area contributed by atoms with Gasteiger partial charge in [-0.15, -0.1) is 0 Å². The predicted octanol–water partition coefficient (Wildman–Crippen LogP) is 2.78. The lowest BCUT2D eigenvalue weighted by Gasteiger charge is -2.17. The second kappa shape index (κ2) is 7.51. The van der Waals surface area contributed by atoms with E-state index in [1.165, 1.54) is 4.31 Å². The van der Waals surface area contributed by atoms with Crippen LogP contribution in [0.15, 0.2) is 42.5 Å². The Bertz CT molecular complexity index is 1060. The molecular weight excluding hydrogens is 390 g/mol. The van der Waals surface area contributed by atoms with E-state index >= 15 is 0 Å². The second-order valence-corrected chi connectivity index (χ2v) is 9.25. The van der Waals surface area contributed by atoms with Crippen LogP contribution in [0.5, 0.6) is 0 Å². The maximum atomic E-state index is 12.6. The Kier molecular flexibility index (Phi) is 5.04. The molecule has 0 atom stereocenters. The van der Waals surface area contributed by atoms with E-state index in [0.29, 0.717) is 42.9 Å². The van der Waals surface area contributed by atoms with Crippen LogP contribution < -0.4 is 14.5 Å².